The molecule has 0 saturated carbocycles. The van der Waals surface area contributed by atoms with Crippen molar-refractivity contribution in [1.82, 2.24) is 0 Å². The average molecular weight is 243 g/mol. The maximum atomic E-state index is 5.87. The third kappa shape index (κ3) is 2.30. The van der Waals surface area contributed by atoms with Crippen LogP contribution in [0.15, 0.2) is 16.6 Å². The Bertz CT molecular complexity index is 310. The lowest BCUT2D eigenvalue weighted by Crippen LogP contribution is -2.21. The molecule has 1 unspecified atom stereocenters. The fraction of sp³-hybridized carbons (Fsp3) is 0.400. The molecular formula is C10H15BrN2. The monoisotopic (exact) mass is 242 g/mol. The standard InChI is InChI=1S/C10H15BrN2/c1-6-4-9(11)7(2)3-8(6)10(13)5-12/h3-4,10H,5,12-13H2,1-2H3. The van der Waals surface area contributed by atoms with Gasteiger partial charge in [0.1, 0.15) is 0 Å². The minimum Gasteiger partial charge on any atom is -0.329 e. The van der Waals surface area contributed by atoms with Crippen LogP contribution in [-0.4, -0.2) is 6.54 Å². The van der Waals surface area contributed by atoms with Crippen molar-refractivity contribution in [3.63, 3.8) is 0 Å². The van der Waals surface area contributed by atoms with Crippen molar-refractivity contribution in [3.05, 3.63) is 33.3 Å². The molecule has 0 fully saturated rings. The molecule has 0 radical (unpaired) electrons. The summed E-state index contributed by atoms with van der Waals surface area (Å²) >= 11 is 3.48. The van der Waals surface area contributed by atoms with Crippen molar-refractivity contribution in [2.24, 2.45) is 11.5 Å². The van der Waals surface area contributed by atoms with Crippen LogP contribution < -0.4 is 11.5 Å². The Morgan fingerprint density at radius 3 is 2.46 bits per heavy atom. The molecule has 72 valence electrons. The highest BCUT2D eigenvalue weighted by Crippen LogP contribution is 2.23. The molecule has 3 heteroatoms. The summed E-state index contributed by atoms with van der Waals surface area (Å²) in [6.07, 6.45) is 0. The van der Waals surface area contributed by atoms with Crippen LogP contribution in [0.5, 0.6) is 0 Å². The molecule has 0 bridgehead atoms. The summed E-state index contributed by atoms with van der Waals surface area (Å²) in [7, 11) is 0. The van der Waals surface area contributed by atoms with Gasteiger partial charge in [-0.1, -0.05) is 22.0 Å². The Labute approximate surface area is 87.4 Å². The first kappa shape index (κ1) is 10.7. The second-order valence-electron chi connectivity index (χ2n) is 3.30. The van der Waals surface area contributed by atoms with Gasteiger partial charge < -0.3 is 11.5 Å². The third-order valence-corrected chi connectivity index (χ3v) is 3.06. The van der Waals surface area contributed by atoms with Crippen LogP contribution in [-0.2, 0) is 0 Å². The van der Waals surface area contributed by atoms with Gasteiger partial charge in [0.05, 0.1) is 0 Å². The maximum absolute atomic E-state index is 5.87. The van der Waals surface area contributed by atoms with E-state index < -0.39 is 0 Å². The van der Waals surface area contributed by atoms with E-state index in [1.807, 2.05) is 0 Å². The number of hydrogen-bond acceptors (Lipinski definition) is 2. The molecule has 1 rings (SSSR count). The van der Waals surface area contributed by atoms with E-state index in [0.717, 1.165) is 10.0 Å². The lowest BCUT2D eigenvalue weighted by atomic mass is 10.00. The second-order valence-corrected chi connectivity index (χ2v) is 4.15. The van der Waals surface area contributed by atoms with Gasteiger partial charge in [-0.05, 0) is 36.6 Å². The summed E-state index contributed by atoms with van der Waals surface area (Å²) in [6.45, 7) is 4.59. The molecule has 0 aromatic heterocycles. The highest BCUT2D eigenvalue weighted by Gasteiger charge is 2.08. The number of halogens is 1. The van der Waals surface area contributed by atoms with Crippen molar-refractivity contribution in [1.29, 1.82) is 0 Å². The van der Waals surface area contributed by atoms with Gasteiger partial charge in [0.15, 0.2) is 0 Å². The first-order valence-electron chi connectivity index (χ1n) is 4.28. The van der Waals surface area contributed by atoms with Crippen molar-refractivity contribution in [2.45, 2.75) is 19.9 Å². The highest BCUT2D eigenvalue weighted by atomic mass is 79.9. The predicted octanol–water partition coefficient (Wildman–Crippen LogP) is 2.02. The summed E-state index contributed by atoms with van der Waals surface area (Å²) in [5.74, 6) is 0. The predicted molar refractivity (Wildman–Crippen MR) is 59.6 cm³/mol. The fourth-order valence-corrected chi connectivity index (χ4v) is 1.79. The molecule has 4 N–H and O–H groups in total. The molecule has 0 heterocycles. The maximum Gasteiger partial charge on any atom is 0.0422 e. The van der Waals surface area contributed by atoms with Gasteiger partial charge in [-0.3, -0.25) is 0 Å². The largest absolute Gasteiger partial charge is 0.329 e. The molecule has 0 amide bonds. The number of nitrogens with two attached hydrogens (primary N) is 2. The minimum atomic E-state index is -0.0493. The van der Waals surface area contributed by atoms with Crippen LogP contribution in [0.1, 0.15) is 22.7 Å². The van der Waals surface area contributed by atoms with Crippen molar-refractivity contribution in [2.75, 3.05) is 6.54 Å². The molecule has 0 spiro atoms. The summed E-state index contributed by atoms with van der Waals surface area (Å²) in [5, 5.41) is 0. The van der Waals surface area contributed by atoms with Crippen LogP contribution in [0.3, 0.4) is 0 Å². The van der Waals surface area contributed by atoms with E-state index >= 15 is 0 Å². The number of aryl methyl sites for hydroxylation is 2. The van der Waals surface area contributed by atoms with Gasteiger partial charge in [-0.2, -0.15) is 0 Å². The molecule has 1 atom stereocenters. The van der Waals surface area contributed by atoms with Crippen molar-refractivity contribution < 1.29 is 0 Å². The van der Waals surface area contributed by atoms with Gasteiger partial charge in [-0.15, -0.1) is 0 Å². The van der Waals surface area contributed by atoms with E-state index in [-0.39, 0.29) is 6.04 Å². The van der Waals surface area contributed by atoms with E-state index in [1.165, 1.54) is 11.1 Å². The van der Waals surface area contributed by atoms with E-state index in [2.05, 4.69) is 41.9 Å². The quantitative estimate of drug-likeness (QED) is 0.834. The van der Waals surface area contributed by atoms with Crippen LogP contribution in [0.2, 0.25) is 0 Å². The Hall–Kier alpha value is -0.380. The van der Waals surface area contributed by atoms with Gasteiger partial charge in [-0.25, -0.2) is 0 Å². The van der Waals surface area contributed by atoms with Gasteiger partial charge in [0, 0.05) is 17.1 Å². The van der Waals surface area contributed by atoms with Crippen LogP contribution in [0.25, 0.3) is 0 Å². The Morgan fingerprint density at radius 2 is 1.92 bits per heavy atom. The molecule has 1 aromatic rings. The first-order valence-corrected chi connectivity index (χ1v) is 5.08. The topological polar surface area (TPSA) is 52.0 Å². The molecule has 0 aliphatic carbocycles. The molecule has 0 saturated heterocycles. The Kier molecular flexibility index (Phi) is 3.47. The summed E-state index contributed by atoms with van der Waals surface area (Å²) in [4.78, 5) is 0. The zero-order valence-corrected chi connectivity index (χ0v) is 9.56. The zero-order chi connectivity index (χ0) is 10.0. The highest BCUT2D eigenvalue weighted by molar-refractivity contribution is 9.10. The summed E-state index contributed by atoms with van der Waals surface area (Å²) < 4.78 is 1.12. The Morgan fingerprint density at radius 1 is 1.31 bits per heavy atom. The number of benzene rings is 1. The van der Waals surface area contributed by atoms with Crippen LogP contribution in [0, 0.1) is 13.8 Å². The SMILES string of the molecule is Cc1cc(C(N)CN)c(C)cc1Br. The summed E-state index contributed by atoms with van der Waals surface area (Å²) in [5.41, 5.74) is 14.9. The van der Waals surface area contributed by atoms with Crippen LogP contribution in [0.4, 0.5) is 0 Å². The van der Waals surface area contributed by atoms with E-state index in [9.17, 15) is 0 Å². The van der Waals surface area contributed by atoms with E-state index in [1.54, 1.807) is 0 Å². The smallest absolute Gasteiger partial charge is 0.0422 e. The lowest BCUT2D eigenvalue weighted by molar-refractivity contribution is 0.730. The van der Waals surface area contributed by atoms with Gasteiger partial charge >= 0.3 is 0 Å². The summed E-state index contributed by atoms with van der Waals surface area (Å²) in [6, 6.07) is 4.13. The van der Waals surface area contributed by atoms with Crippen LogP contribution >= 0.6 is 15.9 Å². The van der Waals surface area contributed by atoms with Crippen molar-refractivity contribution in [3.8, 4) is 0 Å². The number of rotatable bonds is 2. The normalized spacial score (nSPS) is 13.0. The Balaban J connectivity index is 3.15. The molecule has 2 nitrogen and oxygen atoms in total. The second kappa shape index (κ2) is 4.22. The van der Waals surface area contributed by atoms with Gasteiger partial charge in [0.25, 0.3) is 0 Å². The fourth-order valence-electron chi connectivity index (χ4n) is 1.33. The molecule has 0 aliphatic rings. The average Bonchev–Trinajstić information content (AvgIpc) is 2.10. The van der Waals surface area contributed by atoms with E-state index in [4.69, 9.17) is 11.5 Å². The molecule has 1 aromatic carbocycles. The third-order valence-electron chi connectivity index (χ3n) is 2.20. The molecular weight excluding hydrogens is 228 g/mol. The molecule has 0 aliphatic heterocycles. The van der Waals surface area contributed by atoms with Crippen molar-refractivity contribution >= 4 is 15.9 Å². The minimum absolute atomic E-state index is 0.0493. The first-order chi connectivity index (χ1) is 6.06. The molecule has 13 heavy (non-hydrogen) atoms. The van der Waals surface area contributed by atoms with Gasteiger partial charge in [0.2, 0.25) is 0 Å². The lowest BCUT2D eigenvalue weighted by Gasteiger charge is -2.14. The number of hydrogen-bond donors (Lipinski definition) is 2. The zero-order valence-electron chi connectivity index (χ0n) is 7.97. The van der Waals surface area contributed by atoms with E-state index in [0.29, 0.717) is 6.54 Å².